The molecule has 0 aromatic heterocycles. The first-order chi connectivity index (χ1) is 9.61. The maximum absolute atomic E-state index is 11.8. The summed E-state index contributed by atoms with van der Waals surface area (Å²) in [6, 6.07) is 7.14. The Morgan fingerprint density at radius 2 is 2.10 bits per heavy atom. The molecule has 1 aromatic rings. The predicted molar refractivity (Wildman–Crippen MR) is 78.0 cm³/mol. The summed E-state index contributed by atoms with van der Waals surface area (Å²) in [5.41, 5.74) is 6.51. The van der Waals surface area contributed by atoms with Gasteiger partial charge in [0.05, 0.1) is 12.6 Å². The van der Waals surface area contributed by atoms with Crippen LogP contribution >= 0.6 is 0 Å². The summed E-state index contributed by atoms with van der Waals surface area (Å²) in [4.78, 5) is 11.8. The molecule has 0 bridgehead atoms. The maximum Gasteiger partial charge on any atom is 0.411 e. The van der Waals surface area contributed by atoms with E-state index in [0.29, 0.717) is 11.4 Å². The minimum absolute atomic E-state index is 0.267. The minimum atomic E-state index is -0.478. The third-order valence-electron chi connectivity index (χ3n) is 3.66. The van der Waals surface area contributed by atoms with Gasteiger partial charge in [0.2, 0.25) is 0 Å². The second kappa shape index (κ2) is 6.61. The number of nitrogens with two attached hydrogens (primary N) is 1. The monoisotopic (exact) mass is 278 g/mol. The molecule has 1 aromatic carbocycles. The Balaban J connectivity index is 1.82. The summed E-state index contributed by atoms with van der Waals surface area (Å²) in [6.07, 6.45) is 4.79. The average molecular weight is 278 g/mol. The van der Waals surface area contributed by atoms with Crippen LogP contribution in [0.15, 0.2) is 24.3 Å². The highest BCUT2D eigenvalue weighted by atomic mass is 16.5. The van der Waals surface area contributed by atoms with E-state index in [1.165, 1.54) is 6.42 Å². The van der Waals surface area contributed by atoms with Crippen LogP contribution in [0.4, 0.5) is 10.5 Å². The fourth-order valence-electron chi connectivity index (χ4n) is 2.46. The van der Waals surface area contributed by atoms with Crippen molar-refractivity contribution >= 4 is 11.8 Å². The normalized spacial score (nSPS) is 17.3. The molecular formula is C15H22N2O3. The Labute approximate surface area is 119 Å². The van der Waals surface area contributed by atoms with Crippen LogP contribution in [0, 0.1) is 0 Å². The summed E-state index contributed by atoms with van der Waals surface area (Å²) in [6.45, 7) is 0.267. The largest absolute Gasteiger partial charge is 0.497 e. The van der Waals surface area contributed by atoms with Crippen molar-refractivity contribution in [3.05, 3.63) is 24.3 Å². The molecule has 110 valence electrons. The number of amides is 1. The van der Waals surface area contributed by atoms with E-state index in [2.05, 4.69) is 5.32 Å². The highest BCUT2D eigenvalue weighted by Gasteiger charge is 2.28. The van der Waals surface area contributed by atoms with E-state index >= 15 is 0 Å². The highest BCUT2D eigenvalue weighted by Crippen LogP contribution is 2.26. The van der Waals surface area contributed by atoms with Crippen LogP contribution < -0.4 is 15.8 Å². The van der Waals surface area contributed by atoms with E-state index in [-0.39, 0.29) is 12.1 Å². The van der Waals surface area contributed by atoms with Gasteiger partial charge in [0.25, 0.3) is 0 Å². The molecule has 20 heavy (non-hydrogen) atoms. The van der Waals surface area contributed by atoms with Crippen LogP contribution in [0.3, 0.4) is 0 Å². The molecule has 0 saturated heterocycles. The first-order valence-electron chi connectivity index (χ1n) is 6.98. The first-order valence-corrected chi connectivity index (χ1v) is 6.98. The standard InChI is InChI=1S/C15H22N2O3/c1-19-13-7-5-6-12(10-13)17-14(18)20-11-15(16)8-3-2-4-9-15/h5-7,10H,2-4,8-9,11,16H2,1H3,(H,17,18). The van der Waals surface area contributed by atoms with E-state index in [9.17, 15) is 4.79 Å². The number of hydrogen-bond donors (Lipinski definition) is 2. The van der Waals surface area contributed by atoms with Gasteiger partial charge in [0.1, 0.15) is 12.4 Å². The van der Waals surface area contributed by atoms with Crippen molar-refractivity contribution in [2.24, 2.45) is 5.73 Å². The van der Waals surface area contributed by atoms with Gasteiger partial charge in [-0.25, -0.2) is 4.79 Å². The van der Waals surface area contributed by atoms with Gasteiger partial charge in [-0.05, 0) is 25.0 Å². The second-order valence-electron chi connectivity index (χ2n) is 5.36. The van der Waals surface area contributed by atoms with E-state index in [4.69, 9.17) is 15.2 Å². The van der Waals surface area contributed by atoms with E-state index in [1.54, 1.807) is 25.3 Å². The molecule has 1 amide bonds. The lowest BCUT2D eigenvalue weighted by atomic mass is 9.83. The third kappa shape index (κ3) is 4.13. The van der Waals surface area contributed by atoms with Crippen molar-refractivity contribution in [3.8, 4) is 5.75 Å². The zero-order valence-corrected chi connectivity index (χ0v) is 11.9. The third-order valence-corrected chi connectivity index (χ3v) is 3.66. The van der Waals surface area contributed by atoms with Crippen LogP contribution in [0.1, 0.15) is 32.1 Å². The van der Waals surface area contributed by atoms with Gasteiger partial charge < -0.3 is 15.2 Å². The minimum Gasteiger partial charge on any atom is -0.497 e. The first kappa shape index (κ1) is 14.7. The number of benzene rings is 1. The zero-order chi connectivity index (χ0) is 14.4. The van der Waals surface area contributed by atoms with E-state index in [0.717, 1.165) is 25.7 Å². The van der Waals surface area contributed by atoms with Crippen LogP contribution in [0.2, 0.25) is 0 Å². The number of methoxy groups -OCH3 is 1. The zero-order valence-electron chi connectivity index (χ0n) is 11.9. The second-order valence-corrected chi connectivity index (χ2v) is 5.36. The molecule has 0 spiro atoms. The van der Waals surface area contributed by atoms with Crippen LogP contribution in [-0.2, 0) is 4.74 Å². The van der Waals surface area contributed by atoms with E-state index < -0.39 is 6.09 Å². The Bertz CT molecular complexity index is 456. The molecule has 0 aliphatic heterocycles. The number of anilines is 1. The fourth-order valence-corrected chi connectivity index (χ4v) is 2.46. The van der Waals surface area contributed by atoms with Gasteiger partial charge in [-0.15, -0.1) is 0 Å². The molecule has 1 fully saturated rings. The molecule has 2 rings (SSSR count). The average Bonchev–Trinajstić information content (AvgIpc) is 2.46. The van der Waals surface area contributed by atoms with Crippen LogP contribution in [0.25, 0.3) is 0 Å². The molecule has 1 aliphatic rings. The number of nitrogens with one attached hydrogen (secondary N) is 1. The number of ether oxygens (including phenoxy) is 2. The van der Waals surface area contributed by atoms with Crippen LogP contribution in [0.5, 0.6) is 5.75 Å². The molecule has 1 aliphatic carbocycles. The van der Waals surface area contributed by atoms with Crippen molar-refractivity contribution < 1.29 is 14.3 Å². The Hall–Kier alpha value is -1.75. The summed E-state index contributed by atoms with van der Waals surface area (Å²) >= 11 is 0. The molecule has 0 radical (unpaired) electrons. The number of hydrogen-bond acceptors (Lipinski definition) is 4. The maximum atomic E-state index is 11.8. The topological polar surface area (TPSA) is 73.6 Å². The summed E-state index contributed by atoms with van der Waals surface area (Å²) < 4.78 is 10.3. The van der Waals surface area contributed by atoms with Crippen molar-refractivity contribution in [1.82, 2.24) is 0 Å². The van der Waals surface area contributed by atoms with Gasteiger partial charge in [-0.3, -0.25) is 5.32 Å². The molecule has 0 heterocycles. The molecule has 5 nitrogen and oxygen atoms in total. The molecule has 3 N–H and O–H groups in total. The molecule has 5 heteroatoms. The lowest BCUT2D eigenvalue weighted by Crippen LogP contribution is -2.46. The lowest BCUT2D eigenvalue weighted by molar-refractivity contribution is 0.112. The molecule has 0 atom stereocenters. The molecule has 0 unspecified atom stereocenters. The summed E-state index contributed by atoms with van der Waals surface area (Å²) in [7, 11) is 1.58. The Morgan fingerprint density at radius 3 is 2.80 bits per heavy atom. The van der Waals surface area contributed by atoms with Gasteiger partial charge >= 0.3 is 6.09 Å². The van der Waals surface area contributed by atoms with E-state index in [1.807, 2.05) is 6.07 Å². The number of carbonyl (C=O) groups excluding carboxylic acids is 1. The van der Waals surface area contributed by atoms with Crippen molar-refractivity contribution in [1.29, 1.82) is 0 Å². The van der Waals surface area contributed by atoms with Gasteiger partial charge in [-0.2, -0.15) is 0 Å². The van der Waals surface area contributed by atoms with Crippen molar-refractivity contribution in [2.45, 2.75) is 37.6 Å². The Morgan fingerprint density at radius 1 is 1.35 bits per heavy atom. The number of rotatable bonds is 4. The SMILES string of the molecule is COc1cccc(NC(=O)OCC2(N)CCCCC2)c1. The smallest absolute Gasteiger partial charge is 0.411 e. The van der Waals surface area contributed by atoms with Gasteiger partial charge in [0, 0.05) is 11.8 Å². The fraction of sp³-hybridized carbons (Fsp3) is 0.533. The van der Waals surface area contributed by atoms with Crippen molar-refractivity contribution in [2.75, 3.05) is 19.0 Å². The molecular weight excluding hydrogens is 256 g/mol. The highest BCUT2D eigenvalue weighted by molar-refractivity contribution is 5.84. The predicted octanol–water partition coefficient (Wildman–Crippen LogP) is 2.91. The van der Waals surface area contributed by atoms with Gasteiger partial charge in [-0.1, -0.05) is 25.3 Å². The summed E-state index contributed by atoms with van der Waals surface area (Å²) in [5.74, 6) is 0.686. The van der Waals surface area contributed by atoms with Crippen molar-refractivity contribution in [3.63, 3.8) is 0 Å². The lowest BCUT2D eigenvalue weighted by Gasteiger charge is -2.32. The molecule has 1 saturated carbocycles. The summed E-state index contributed by atoms with van der Waals surface area (Å²) in [5, 5.41) is 2.68. The van der Waals surface area contributed by atoms with Crippen LogP contribution in [-0.4, -0.2) is 25.3 Å². The quantitative estimate of drug-likeness (QED) is 0.888. The van der Waals surface area contributed by atoms with Gasteiger partial charge in [0.15, 0.2) is 0 Å². The number of carbonyl (C=O) groups is 1. The Kier molecular flexibility index (Phi) is 4.84.